The Morgan fingerprint density at radius 1 is 0.958 bits per heavy atom. The molecule has 128 valence electrons. The minimum absolute atomic E-state index is 0.0898. The summed E-state index contributed by atoms with van der Waals surface area (Å²) in [6, 6.07) is 15.4. The molecular formula is C19H25N3O2. The van der Waals surface area contributed by atoms with E-state index in [1.165, 1.54) is 5.69 Å². The summed E-state index contributed by atoms with van der Waals surface area (Å²) in [5, 5.41) is 5.98. The Balaban J connectivity index is 1.84. The summed E-state index contributed by atoms with van der Waals surface area (Å²) in [7, 11) is 1.61. The molecule has 0 radical (unpaired) electrons. The summed E-state index contributed by atoms with van der Waals surface area (Å²) in [5.41, 5.74) is 2.86. The quantitative estimate of drug-likeness (QED) is 0.778. The van der Waals surface area contributed by atoms with Crippen molar-refractivity contribution in [3.05, 3.63) is 48.5 Å². The zero-order valence-corrected chi connectivity index (χ0v) is 14.5. The van der Waals surface area contributed by atoms with Gasteiger partial charge in [0, 0.05) is 30.2 Å². The summed E-state index contributed by atoms with van der Waals surface area (Å²) in [6.45, 7) is 6.45. The first-order valence-electron chi connectivity index (χ1n) is 8.19. The van der Waals surface area contributed by atoms with Gasteiger partial charge in [-0.2, -0.15) is 0 Å². The summed E-state index contributed by atoms with van der Waals surface area (Å²) in [5.74, 6) is 0.674. The maximum absolute atomic E-state index is 12.0. The fourth-order valence-electron chi connectivity index (χ4n) is 2.44. The topological polar surface area (TPSA) is 53.6 Å². The van der Waals surface area contributed by atoms with Gasteiger partial charge in [0.05, 0.1) is 13.7 Å². The molecule has 24 heavy (non-hydrogen) atoms. The number of nitrogens with one attached hydrogen (secondary N) is 2. The van der Waals surface area contributed by atoms with Crippen molar-refractivity contribution in [1.82, 2.24) is 0 Å². The minimum Gasteiger partial charge on any atom is -0.497 e. The number of anilines is 3. The second kappa shape index (κ2) is 8.82. The normalized spacial score (nSPS) is 10.1. The van der Waals surface area contributed by atoms with Gasteiger partial charge in [-0.15, -0.1) is 0 Å². The molecule has 0 aromatic heterocycles. The van der Waals surface area contributed by atoms with Gasteiger partial charge in [-0.3, -0.25) is 4.79 Å². The van der Waals surface area contributed by atoms with Crippen LogP contribution in [0.25, 0.3) is 0 Å². The average Bonchev–Trinajstić information content (AvgIpc) is 2.63. The fourth-order valence-corrected chi connectivity index (χ4v) is 2.44. The van der Waals surface area contributed by atoms with Crippen molar-refractivity contribution in [3.63, 3.8) is 0 Å². The summed E-state index contributed by atoms with van der Waals surface area (Å²) >= 11 is 0. The number of nitrogens with zero attached hydrogens (tertiary/aromatic N) is 1. The largest absolute Gasteiger partial charge is 0.497 e. The van der Waals surface area contributed by atoms with Crippen molar-refractivity contribution in [2.45, 2.75) is 13.8 Å². The molecule has 0 unspecified atom stereocenters. The lowest BCUT2D eigenvalue weighted by Gasteiger charge is -2.21. The Morgan fingerprint density at radius 2 is 1.54 bits per heavy atom. The number of ether oxygens (including phenoxy) is 1. The molecule has 0 fully saturated rings. The van der Waals surface area contributed by atoms with Crippen LogP contribution >= 0.6 is 0 Å². The van der Waals surface area contributed by atoms with Crippen LogP contribution in [0.2, 0.25) is 0 Å². The number of benzene rings is 2. The Bertz CT molecular complexity index is 635. The van der Waals surface area contributed by atoms with Crippen LogP contribution in [-0.4, -0.2) is 32.7 Å². The number of amides is 1. The van der Waals surface area contributed by atoms with Crippen molar-refractivity contribution in [1.29, 1.82) is 0 Å². The number of carbonyl (C=O) groups is 1. The van der Waals surface area contributed by atoms with Crippen molar-refractivity contribution < 1.29 is 9.53 Å². The molecule has 0 bridgehead atoms. The van der Waals surface area contributed by atoms with E-state index in [1.54, 1.807) is 7.11 Å². The van der Waals surface area contributed by atoms with Crippen LogP contribution in [-0.2, 0) is 4.79 Å². The molecule has 0 heterocycles. The van der Waals surface area contributed by atoms with E-state index in [2.05, 4.69) is 41.5 Å². The number of hydrogen-bond donors (Lipinski definition) is 2. The van der Waals surface area contributed by atoms with Gasteiger partial charge in [0.15, 0.2) is 0 Å². The first-order valence-corrected chi connectivity index (χ1v) is 8.19. The monoisotopic (exact) mass is 327 g/mol. The van der Waals surface area contributed by atoms with Crippen molar-refractivity contribution in [2.75, 3.05) is 42.3 Å². The van der Waals surface area contributed by atoms with Crippen LogP contribution < -0.4 is 20.3 Å². The first-order chi connectivity index (χ1) is 11.7. The van der Waals surface area contributed by atoms with E-state index in [4.69, 9.17) is 4.74 Å². The summed E-state index contributed by atoms with van der Waals surface area (Å²) in [4.78, 5) is 14.3. The molecule has 2 aromatic carbocycles. The average molecular weight is 327 g/mol. The number of hydrogen-bond acceptors (Lipinski definition) is 4. The van der Waals surface area contributed by atoms with Crippen molar-refractivity contribution in [2.24, 2.45) is 0 Å². The smallest absolute Gasteiger partial charge is 0.243 e. The van der Waals surface area contributed by atoms with Gasteiger partial charge in [0.2, 0.25) is 5.91 Å². The predicted octanol–water partition coefficient (Wildman–Crippen LogP) is 3.59. The molecule has 2 rings (SSSR count). The Kier molecular flexibility index (Phi) is 6.49. The molecule has 0 atom stereocenters. The van der Waals surface area contributed by atoms with E-state index in [1.807, 2.05) is 36.4 Å². The standard InChI is InChI=1S/C19H25N3O2/c1-4-22(5-2)17-10-6-15(7-11-17)20-14-19(23)21-16-8-12-18(24-3)13-9-16/h6-13,20H,4-5,14H2,1-3H3,(H,21,23). The van der Waals surface area contributed by atoms with Crippen LogP contribution in [0.3, 0.4) is 0 Å². The molecule has 0 aliphatic carbocycles. The molecule has 0 saturated carbocycles. The highest BCUT2D eigenvalue weighted by Crippen LogP contribution is 2.18. The third-order valence-corrected chi connectivity index (χ3v) is 3.82. The third-order valence-electron chi connectivity index (χ3n) is 3.82. The van der Waals surface area contributed by atoms with Gasteiger partial charge < -0.3 is 20.3 Å². The maximum Gasteiger partial charge on any atom is 0.243 e. The Morgan fingerprint density at radius 3 is 2.08 bits per heavy atom. The number of carbonyl (C=O) groups excluding carboxylic acids is 1. The van der Waals surface area contributed by atoms with Crippen LogP contribution in [0.4, 0.5) is 17.1 Å². The minimum atomic E-state index is -0.0898. The first kappa shape index (κ1) is 17.7. The van der Waals surface area contributed by atoms with Gasteiger partial charge in [0.1, 0.15) is 5.75 Å². The molecule has 2 N–H and O–H groups in total. The van der Waals surface area contributed by atoms with Crippen LogP contribution in [0.15, 0.2) is 48.5 Å². The van der Waals surface area contributed by atoms with E-state index in [-0.39, 0.29) is 12.5 Å². The van der Waals surface area contributed by atoms with E-state index >= 15 is 0 Å². The Hall–Kier alpha value is -2.69. The van der Waals surface area contributed by atoms with Gasteiger partial charge in [0.25, 0.3) is 0 Å². The van der Waals surface area contributed by atoms with Crippen molar-refractivity contribution in [3.8, 4) is 5.75 Å². The van der Waals surface area contributed by atoms with Gasteiger partial charge in [-0.1, -0.05) is 0 Å². The van der Waals surface area contributed by atoms with E-state index in [0.29, 0.717) is 0 Å². The third kappa shape index (κ3) is 4.91. The molecular weight excluding hydrogens is 302 g/mol. The predicted molar refractivity (Wildman–Crippen MR) is 100 cm³/mol. The lowest BCUT2D eigenvalue weighted by Crippen LogP contribution is -2.22. The molecule has 0 spiro atoms. The molecule has 2 aromatic rings. The lowest BCUT2D eigenvalue weighted by atomic mass is 10.2. The van der Waals surface area contributed by atoms with Gasteiger partial charge >= 0.3 is 0 Å². The second-order valence-corrected chi connectivity index (χ2v) is 5.35. The molecule has 5 heteroatoms. The summed E-state index contributed by atoms with van der Waals surface area (Å²) < 4.78 is 5.09. The van der Waals surface area contributed by atoms with Crippen LogP contribution in [0, 0.1) is 0 Å². The van der Waals surface area contributed by atoms with E-state index < -0.39 is 0 Å². The van der Waals surface area contributed by atoms with Gasteiger partial charge in [-0.25, -0.2) is 0 Å². The molecule has 5 nitrogen and oxygen atoms in total. The lowest BCUT2D eigenvalue weighted by molar-refractivity contribution is -0.114. The van der Waals surface area contributed by atoms with Crippen LogP contribution in [0.5, 0.6) is 5.75 Å². The highest BCUT2D eigenvalue weighted by molar-refractivity contribution is 5.93. The Labute approximate surface area is 143 Å². The molecule has 0 aliphatic rings. The maximum atomic E-state index is 12.0. The number of rotatable bonds is 8. The van der Waals surface area contributed by atoms with E-state index in [9.17, 15) is 4.79 Å². The molecule has 0 aliphatic heterocycles. The SMILES string of the molecule is CCN(CC)c1ccc(NCC(=O)Nc2ccc(OC)cc2)cc1. The molecule has 0 saturated heterocycles. The van der Waals surface area contributed by atoms with Crippen molar-refractivity contribution >= 4 is 23.0 Å². The highest BCUT2D eigenvalue weighted by Gasteiger charge is 2.04. The number of methoxy groups -OCH3 is 1. The second-order valence-electron chi connectivity index (χ2n) is 5.35. The highest BCUT2D eigenvalue weighted by atomic mass is 16.5. The van der Waals surface area contributed by atoms with Gasteiger partial charge in [-0.05, 0) is 62.4 Å². The zero-order chi connectivity index (χ0) is 17.4. The fraction of sp³-hybridized carbons (Fsp3) is 0.316. The van der Waals surface area contributed by atoms with Crippen LogP contribution in [0.1, 0.15) is 13.8 Å². The van der Waals surface area contributed by atoms with E-state index in [0.717, 1.165) is 30.2 Å². The zero-order valence-electron chi connectivity index (χ0n) is 14.5. The summed E-state index contributed by atoms with van der Waals surface area (Å²) in [6.07, 6.45) is 0. The molecule has 1 amide bonds.